The van der Waals surface area contributed by atoms with Crippen LogP contribution in [0.1, 0.15) is 18.5 Å². The first kappa shape index (κ1) is 7.31. The molecule has 0 spiro atoms. The van der Waals surface area contributed by atoms with Crippen molar-refractivity contribution in [3.05, 3.63) is 36.4 Å². The third kappa shape index (κ3) is 1.08. The van der Waals surface area contributed by atoms with Gasteiger partial charge in [0.1, 0.15) is 0 Å². The lowest BCUT2D eigenvalue weighted by Crippen LogP contribution is -2.05. The predicted octanol–water partition coefficient (Wildman–Crippen LogP) is 1.35. The normalized spacial score (nSPS) is 13.5. The van der Waals surface area contributed by atoms with Gasteiger partial charge in [-0.2, -0.15) is 0 Å². The molecule has 1 atom stereocenters. The van der Waals surface area contributed by atoms with E-state index in [1.807, 2.05) is 35.9 Å². The Morgan fingerprint density at radius 3 is 3.08 bits per heavy atom. The Bertz CT molecular complexity index is 389. The third-order valence-corrected chi connectivity index (χ3v) is 1.96. The fourth-order valence-electron chi connectivity index (χ4n) is 1.21. The lowest BCUT2D eigenvalue weighted by atomic mass is 10.1. The van der Waals surface area contributed by atoms with Gasteiger partial charge in [0.15, 0.2) is 0 Å². The molecule has 0 bridgehead atoms. The maximum atomic E-state index is 5.74. The largest absolute Gasteiger partial charge is 0.324 e. The summed E-state index contributed by atoms with van der Waals surface area (Å²) in [5, 5.41) is 0. The van der Waals surface area contributed by atoms with E-state index in [9.17, 15) is 0 Å². The monoisotopic (exact) mass is 161 g/mol. The summed E-state index contributed by atoms with van der Waals surface area (Å²) in [5.74, 6) is 0. The molecule has 0 aromatic carbocycles. The second-order valence-electron chi connectivity index (χ2n) is 2.98. The highest BCUT2D eigenvalue weighted by molar-refractivity contribution is 5.45. The fraction of sp³-hybridized carbons (Fsp3) is 0.222. The van der Waals surface area contributed by atoms with Gasteiger partial charge in [0.05, 0.1) is 18.0 Å². The van der Waals surface area contributed by atoms with Crippen LogP contribution in [0.2, 0.25) is 0 Å². The van der Waals surface area contributed by atoms with E-state index in [4.69, 9.17) is 5.73 Å². The maximum Gasteiger partial charge on any atom is 0.0992 e. The molecule has 62 valence electrons. The summed E-state index contributed by atoms with van der Waals surface area (Å²) >= 11 is 0. The first-order chi connectivity index (χ1) is 5.77. The van der Waals surface area contributed by atoms with Gasteiger partial charge in [-0.05, 0) is 18.6 Å². The summed E-state index contributed by atoms with van der Waals surface area (Å²) in [7, 11) is 0. The van der Waals surface area contributed by atoms with Crippen LogP contribution in [0, 0.1) is 0 Å². The van der Waals surface area contributed by atoms with Crippen molar-refractivity contribution in [1.29, 1.82) is 0 Å². The number of nitrogens with two attached hydrogens (primary N) is 1. The Morgan fingerprint density at radius 2 is 2.33 bits per heavy atom. The quantitative estimate of drug-likeness (QED) is 0.686. The van der Waals surface area contributed by atoms with E-state index >= 15 is 0 Å². The van der Waals surface area contributed by atoms with Crippen molar-refractivity contribution in [3.63, 3.8) is 0 Å². The summed E-state index contributed by atoms with van der Waals surface area (Å²) in [6.45, 7) is 1.97. The highest BCUT2D eigenvalue weighted by atomic mass is 15.0. The van der Waals surface area contributed by atoms with Gasteiger partial charge < -0.3 is 10.1 Å². The van der Waals surface area contributed by atoms with Crippen LogP contribution in [0.4, 0.5) is 0 Å². The number of fused-ring (bicyclic) bond motifs is 1. The Labute approximate surface area is 70.8 Å². The zero-order valence-electron chi connectivity index (χ0n) is 6.94. The van der Waals surface area contributed by atoms with Crippen molar-refractivity contribution in [1.82, 2.24) is 9.38 Å². The van der Waals surface area contributed by atoms with Crippen LogP contribution in [0.3, 0.4) is 0 Å². The van der Waals surface area contributed by atoms with Crippen LogP contribution in [0.25, 0.3) is 5.52 Å². The van der Waals surface area contributed by atoms with Gasteiger partial charge in [0.2, 0.25) is 0 Å². The van der Waals surface area contributed by atoms with Crippen molar-refractivity contribution in [3.8, 4) is 0 Å². The molecule has 2 aromatic rings. The standard InChI is InChI=1S/C9H11N3/c1-7(10)8-2-3-9-4-11-6-12(9)5-8/h2-7H,10H2,1H3. The van der Waals surface area contributed by atoms with E-state index < -0.39 is 0 Å². The second kappa shape index (κ2) is 2.60. The zero-order valence-corrected chi connectivity index (χ0v) is 6.94. The molecule has 0 amide bonds. The van der Waals surface area contributed by atoms with Gasteiger partial charge in [0.25, 0.3) is 0 Å². The predicted molar refractivity (Wildman–Crippen MR) is 47.8 cm³/mol. The number of nitrogens with zero attached hydrogens (tertiary/aromatic N) is 2. The first-order valence-electron chi connectivity index (χ1n) is 3.94. The molecule has 2 aromatic heterocycles. The molecule has 3 heteroatoms. The number of imidazole rings is 1. The van der Waals surface area contributed by atoms with E-state index in [1.165, 1.54) is 0 Å². The lowest BCUT2D eigenvalue weighted by Gasteiger charge is -2.04. The number of rotatable bonds is 1. The first-order valence-corrected chi connectivity index (χ1v) is 3.94. The van der Waals surface area contributed by atoms with E-state index in [0.29, 0.717) is 0 Å². The van der Waals surface area contributed by atoms with Crippen LogP contribution >= 0.6 is 0 Å². The van der Waals surface area contributed by atoms with Crippen molar-refractivity contribution in [2.75, 3.05) is 0 Å². The molecule has 0 aliphatic carbocycles. The number of hydrogen-bond donors (Lipinski definition) is 1. The Hall–Kier alpha value is -1.35. The summed E-state index contributed by atoms with van der Waals surface area (Å²) < 4.78 is 1.97. The molecule has 0 saturated carbocycles. The van der Waals surface area contributed by atoms with Crippen LogP contribution in [-0.4, -0.2) is 9.38 Å². The maximum absolute atomic E-state index is 5.74. The number of hydrogen-bond acceptors (Lipinski definition) is 2. The minimum atomic E-state index is 0.0804. The highest BCUT2D eigenvalue weighted by Gasteiger charge is 1.99. The molecule has 2 rings (SSSR count). The molecule has 0 saturated heterocycles. The molecule has 0 radical (unpaired) electrons. The van der Waals surface area contributed by atoms with Crippen molar-refractivity contribution >= 4 is 5.52 Å². The van der Waals surface area contributed by atoms with E-state index in [2.05, 4.69) is 4.98 Å². The summed E-state index contributed by atoms with van der Waals surface area (Å²) in [4.78, 5) is 4.02. The number of pyridine rings is 1. The minimum absolute atomic E-state index is 0.0804. The molecule has 0 aliphatic heterocycles. The Kier molecular flexibility index (Phi) is 1.59. The Morgan fingerprint density at radius 1 is 1.50 bits per heavy atom. The minimum Gasteiger partial charge on any atom is -0.324 e. The molecule has 1 unspecified atom stereocenters. The van der Waals surface area contributed by atoms with Gasteiger partial charge in [-0.25, -0.2) is 4.98 Å². The summed E-state index contributed by atoms with van der Waals surface area (Å²) in [6, 6.07) is 4.13. The SMILES string of the molecule is CC(N)c1ccc2cncn2c1. The van der Waals surface area contributed by atoms with Gasteiger partial charge in [-0.3, -0.25) is 0 Å². The third-order valence-electron chi connectivity index (χ3n) is 1.96. The Balaban J connectivity index is 2.60. The van der Waals surface area contributed by atoms with Gasteiger partial charge >= 0.3 is 0 Å². The zero-order chi connectivity index (χ0) is 8.55. The molecule has 2 N–H and O–H groups in total. The summed E-state index contributed by atoms with van der Waals surface area (Å²) in [5.41, 5.74) is 7.96. The number of aromatic nitrogens is 2. The smallest absolute Gasteiger partial charge is 0.0992 e. The van der Waals surface area contributed by atoms with Gasteiger partial charge in [-0.15, -0.1) is 0 Å². The molecule has 3 nitrogen and oxygen atoms in total. The average Bonchev–Trinajstić information content (AvgIpc) is 2.49. The van der Waals surface area contributed by atoms with E-state index in [0.717, 1.165) is 11.1 Å². The molecule has 0 fully saturated rings. The average molecular weight is 161 g/mol. The fourth-order valence-corrected chi connectivity index (χ4v) is 1.21. The van der Waals surface area contributed by atoms with Crippen LogP contribution in [-0.2, 0) is 0 Å². The van der Waals surface area contributed by atoms with Crippen LogP contribution < -0.4 is 5.73 Å². The van der Waals surface area contributed by atoms with Crippen molar-refractivity contribution in [2.24, 2.45) is 5.73 Å². The molecular formula is C9H11N3. The topological polar surface area (TPSA) is 43.3 Å². The van der Waals surface area contributed by atoms with Gasteiger partial charge in [0, 0.05) is 12.2 Å². The van der Waals surface area contributed by atoms with E-state index in [1.54, 1.807) is 6.33 Å². The van der Waals surface area contributed by atoms with Crippen molar-refractivity contribution in [2.45, 2.75) is 13.0 Å². The molecule has 12 heavy (non-hydrogen) atoms. The lowest BCUT2D eigenvalue weighted by molar-refractivity contribution is 0.808. The molecule has 0 aliphatic rings. The molecular weight excluding hydrogens is 150 g/mol. The summed E-state index contributed by atoms with van der Waals surface area (Å²) in [6.07, 6.45) is 5.61. The van der Waals surface area contributed by atoms with Crippen LogP contribution in [0.5, 0.6) is 0 Å². The highest BCUT2D eigenvalue weighted by Crippen LogP contribution is 2.10. The van der Waals surface area contributed by atoms with Gasteiger partial charge in [-0.1, -0.05) is 6.07 Å². The van der Waals surface area contributed by atoms with E-state index in [-0.39, 0.29) is 6.04 Å². The van der Waals surface area contributed by atoms with Crippen LogP contribution in [0.15, 0.2) is 30.9 Å². The second-order valence-corrected chi connectivity index (χ2v) is 2.98. The molecule has 2 heterocycles. The van der Waals surface area contributed by atoms with Crippen molar-refractivity contribution < 1.29 is 0 Å².